The lowest BCUT2D eigenvalue weighted by molar-refractivity contribution is 0.551. The molecule has 0 radical (unpaired) electrons. The first-order valence-corrected chi connectivity index (χ1v) is 20.3. The van der Waals surface area contributed by atoms with Crippen molar-refractivity contribution in [1.82, 2.24) is 31.9 Å². The summed E-state index contributed by atoms with van der Waals surface area (Å²) >= 11 is 0. The molecule has 6 N–H and O–H groups in total. The lowest BCUT2D eigenvalue weighted by Gasteiger charge is -2.10. The zero-order valence-corrected chi connectivity index (χ0v) is 33.1. The molecule has 51 heavy (non-hydrogen) atoms. The second-order valence-electron chi connectivity index (χ2n) is 13.9. The highest BCUT2D eigenvalue weighted by Crippen LogP contribution is 2.27. The normalized spacial score (nSPS) is 11.2. The van der Waals surface area contributed by atoms with Gasteiger partial charge in [0.25, 0.3) is 0 Å². The van der Waals surface area contributed by atoms with Crippen molar-refractivity contribution in [3.63, 3.8) is 0 Å². The quantitative estimate of drug-likeness (QED) is 0.0363. The van der Waals surface area contributed by atoms with E-state index >= 15 is 0 Å². The van der Waals surface area contributed by atoms with Gasteiger partial charge in [-0.05, 0) is 143 Å². The Morgan fingerprint density at radius 2 is 0.667 bits per heavy atom. The zero-order valence-electron chi connectivity index (χ0n) is 32.3. The van der Waals surface area contributed by atoms with Gasteiger partial charge in [-0.15, -0.1) is 12.4 Å². The van der Waals surface area contributed by atoms with Gasteiger partial charge >= 0.3 is 0 Å². The average molecular weight is 722 g/mol. The topological polar surface area (TPSA) is 72.2 Å². The third-order valence-electron chi connectivity index (χ3n) is 9.34. The third-order valence-corrected chi connectivity index (χ3v) is 9.34. The summed E-state index contributed by atoms with van der Waals surface area (Å²) < 4.78 is 0. The first-order chi connectivity index (χ1) is 24.8. The van der Waals surface area contributed by atoms with Crippen LogP contribution in [-0.4, -0.2) is 65.4 Å². The number of nitrogens with one attached hydrogen (secondary N) is 6. The molecule has 0 aromatic heterocycles. The van der Waals surface area contributed by atoms with Gasteiger partial charge in [-0.3, -0.25) is 0 Å². The van der Waals surface area contributed by atoms with Gasteiger partial charge in [0.2, 0.25) is 0 Å². The van der Waals surface area contributed by atoms with Crippen molar-refractivity contribution in [2.75, 3.05) is 65.4 Å². The average Bonchev–Trinajstić information content (AvgIpc) is 3.15. The molecule has 0 saturated heterocycles. The summed E-state index contributed by atoms with van der Waals surface area (Å²) in [7, 11) is 0. The molecular formula is C44H73ClN6. The number of hydrogen-bond donors (Lipinski definition) is 6. The smallest absolute Gasteiger partial charge is 0.0205 e. The van der Waals surface area contributed by atoms with Crippen LogP contribution in [0.15, 0.2) is 72.8 Å². The molecule has 7 heteroatoms. The Morgan fingerprint density at radius 1 is 0.333 bits per heavy atom. The van der Waals surface area contributed by atoms with Gasteiger partial charge in [-0.2, -0.15) is 0 Å². The van der Waals surface area contributed by atoms with Crippen LogP contribution in [0.5, 0.6) is 0 Å². The van der Waals surface area contributed by atoms with Crippen LogP contribution in [0.1, 0.15) is 102 Å². The first-order valence-electron chi connectivity index (χ1n) is 20.3. The van der Waals surface area contributed by atoms with Crippen LogP contribution >= 0.6 is 12.4 Å². The predicted molar refractivity (Wildman–Crippen MR) is 226 cm³/mol. The van der Waals surface area contributed by atoms with Gasteiger partial charge < -0.3 is 31.9 Å². The summed E-state index contributed by atoms with van der Waals surface area (Å²) in [5, 5.41) is 21.5. The Morgan fingerprint density at radius 3 is 1.02 bits per heavy atom. The number of hydrogen-bond acceptors (Lipinski definition) is 6. The molecular weight excluding hydrogens is 648 g/mol. The molecule has 0 aliphatic carbocycles. The number of benzene rings is 3. The molecule has 3 aromatic carbocycles. The van der Waals surface area contributed by atoms with Gasteiger partial charge in [-0.1, -0.05) is 119 Å². The van der Waals surface area contributed by atoms with E-state index in [4.69, 9.17) is 0 Å². The SMILES string of the molecule is CCCCCCNCCCNCCCNCc1ccc(-c2cccc(-c3ccc(CNCCCNCCCNCCCCCC)cc3)c2)cc1.Cl. The van der Waals surface area contributed by atoms with Crippen molar-refractivity contribution in [2.24, 2.45) is 0 Å². The first kappa shape index (κ1) is 44.9. The number of rotatable bonds is 32. The summed E-state index contributed by atoms with van der Waals surface area (Å²) in [4.78, 5) is 0. The van der Waals surface area contributed by atoms with E-state index in [1.807, 2.05) is 0 Å². The summed E-state index contributed by atoms with van der Waals surface area (Å²) in [6.07, 6.45) is 15.4. The van der Waals surface area contributed by atoms with Gasteiger partial charge in [0.15, 0.2) is 0 Å². The Hall–Kier alpha value is -2.29. The van der Waals surface area contributed by atoms with Crippen molar-refractivity contribution in [3.8, 4) is 22.3 Å². The van der Waals surface area contributed by atoms with E-state index in [2.05, 4.69) is 119 Å². The van der Waals surface area contributed by atoms with Crippen LogP contribution in [-0.2, 0) is 13.1 Å². The Bertz CT molecular complexity index is 1110. The molecule has 0 heterocycles. The fourth-order valence-corrected chi connectivity index (χ4v) is 6.18. The van der Waals surface area contributed by atoms with Crippen LogP contribution in [0.2, 0.25) is 0 Å². The molecule has 3 rings (SSSR count). The molecule has 0 unspecified atom stereocenters. The van der Waals surface area contributed by atoms with Crippen LogP contribution in [0.25, 0.3) is 22.3 Å². The maximum absolute atomic E-state index is 3.61. The highest BCUT2D eigenvalue weighted by Gasteiger charge is 2.04. The predicted octanol–water partition coefficient (Wildman–Crippen LogP) is 8.70. The molecule has 0 saturated carbocycles. The Labute approximate surface area is 318 Å². The minimum absolute atomic E-state index is 0. The molecule has 0 aliphatic rings. The van der Waals surface area contributed by atoms with E-state index in [1.165, 1.54) is 111 Å². The standard InChI is InChI=1S/C44H72N6.ClH/c1-3-5-7-9-26-45-28-12-30-47-32-14-34-49-37-39-18-22-41(23-19-39)43-16-11-17-44(36-43)42-24-20-40(21-25-42)38-50-35-15-33-48-31-13-29-46-27-10-8-6-4-2;/h11,16-25,36,45-50H,3-10,12-15,26-35,37-38H2,1-2H3;1H. The fraction of sp³-hybridized carbons (Fsp3) is 0.591. The summed E-state index contributed by atoms with van der Waals surface area (Å²) in [6.45, 7) is 17.4. The summed E-state index contributed by atoms with van der Waals surface area (Å²) in [6, 6.07) is 27.0. The molecule has 0 fully saturated rings. The van der Waals surface area contributed by atoms with Crippen molar-refractivity contribution in [3.05, 3.63) is 83.9 Å². The van der Waals surface area contributed by atoms with Gasteiger partial charge in [0, 0.05) is 13.1 Å². The zero-order chi connectivity index (χ0) is 35.2. The second-order valence-corrected chi connectivity index (χ2v) is 13.9. The Kier molecular flexibility index (Phi) is 27.5. The molecule has 3 aromatic rings. The van der Waals surface area contributed by atoms with Gasteiger partial charge in [-0.25, -0.2) is 0 Å². The van der Waals surface area contributed by atoms with Crippen molar-refractivity contribution < 1.29 is 0 Å². The van der Waals surface area contributed by atoms with Crippen LogP contribution in [0, 0.1) is 0 Å². The number of unbranched alkanes of at least 4 members (excludes halogenated alkanes) is 6. The molecule has 6 nitrogen and oxygen atoms in total. The van der Waals surface area contributed by atoms with E-state index in [0.29, 0.717) is 0 Å². The molecule has 0 aliphatic heterocycles. The van der Waals surface area contributed by atoms with Crippen molar-refractivity contribution >= 4 is 12.4 Å². The van der Waals surface area contributed by atoms with Gasteiger partial charge in [0.1, 0.15) is 0 Å². The minimum Gasteiger partial charge on any atom is -0.317 e. The Balaban J connectivity index is 0.00000901. The van der Waals surface area contributed by atoms with Crippen LogP contribution in [0.3, 0.4) is 0 Å². The molecule has 0 atom stereocenters. The fourth-order valence-electron chi connectivity index (χ4n) is 6.18. The largest absolute Gasteiger partial charge is 0.317 e. The maximum Gasteiger partial charge on any atom is 0.0205 e. The van der Waals surface area contributed by atoms with E-state index in [1.54, 1.807) is 0 Å². The highest BCUT2D eigenvalue weighted by molar-refractivity contribution is 5.85. The monoisotopic (exact) mass is 721 g/mol. The summed E-state index contributed by atoms with van der Waals surface area (Å²) in [5.41, 5.74) is 7.72. The molecule has 0 amide bonds. The number of halogens is 1. The second kappa shape index (κ2) is 31.3. The van der Waals surface area contributed by atoms with Crippen LogP contribution < -0.4 is 31.9 Å². The van der Waals surface area contributed by atoms with E-state index in [-0.39, 0.29) is 12.4 Å². The minimum atomic E-state index is 0. The summed E-state index contributed by atoms with van der Waals surface area (Å²) in [5.74, 6) is 0. The lowest BCUT2D eigenvalue weighted by Crippen LogP contribution is -2.25. The van der Waals surface area contributed by atoms with Crippen molar-refractivity contribution in [1.29, 1.82) is 0 Å². The van der Waals surface area contributed by atoms with Gasteiger partial charge in [0.05, 0.1) is 0 Å². The van der Waals surface area contributed by atoms with E-state index in [0.717, 1.165) is 78.3 Å². The van der Waals surface area contributed by atoms with E-state index < -0.39 is 0 Å². The van der Waals surface area contributed by atoms with Crippen molar-refractivity contribution in [2.45, 2.75) is 104 Å². The highest BCUT2D eigenvalue weighted by atomic mass is 35.5. The molecule has 0 spiro atoms. The van der Waals surface area contributed by atoms with E-state index in [9.17, 15) is 0 Å². The van der Waals surface area contributed by atoms with Crippen LogP contribution in [0.4, 0.5) is 0 Å². The molecule has 0 bridgehead atoms. The maximum atomic E-state index is 3.61. The lowest BCUT2D eigenvalue weighted by atomic mass is 9.98. The third kappa shape index (κ3) is 21.7. The molecule has 286 valence electrons.